The Morgan fingerprint density at radius 2 is 2.32 bits per heavy atom. The minimum atomic E-state index is -2.64. The second-order valence-electron chi connectivity index (χ2n) is 5.28. The van der Waals surface area contributed by atoms with Gasteiger partial charge in [-0.05, 0) is 5.92 Å². The third-order valence-corrected chi connectivity index (χ3v) is 3.64. The molecular formula is C13H17F2N3O4. The van der Waals surface area contributed by atoms with Crippen LogP contribution in [0.2, 0.25) is 0 Å². The number of rotatable bonds is 7. The normalized spacial score (nSPS) is 18.5. The maximum Gasteiger partial charge on any atom is 0.323 e. The third-order valence-electron chi connectivity index (χ3n) is 3.64. The largest absolute Gasteiger partial charge is 0.480 e. The van der Waals surface area contributed by atoms with Crippen LogP contribution in [0.4, 0.5) is 14.6 Å². The molecule has 0 aliphatic heterocycles. The Kier molecular flexibility index (Phi) is 4.74. The molecule has 0 saturated heterocycles. The van der Waals surface area contributed by atoms with Crippen LogP contribution < -0.4 is 10.9 Å². The number of halogens is 2. The lowest BCUT2D eigenvalue weighted by molar-refractivity contribution is -0.144. The van der Waals surface area contributed by atoms with Gasteiger partial charge in [-0.15, -0.1) is 0 Å². The van der Waals surface area contributed by atoms with Crippen LogP contribution in [0.25, 0.3) is 0 Å². The van der Waals surface area contributed by atoms with Crippen molar-refractivity contribution in [2.45, 2.75) is 31.4 Å². The van der Waals surface area contributed by atoms with Crippen molar-refractivity contribution in [3.05, 3.63) is 22.7 Å². The number of hydrogen-bond donors (Lipinski definition) is 2. The van der Waals surface area contributed by atoms with Crippen LogP contribution in [0.15, 0.2) is 17.2 Å². The molecule has 1 atom stereocenters. The molecule has 1 heterocycles. The molecule has 1 aromatic rings. The summed E-state index contributed by atoms with van der Waals surface area (Å²) in [6, 6.07) is 0. The second kappa shape index (κ2) is 6.39. The van der Waals surface area contributed by atoms with Crippen molar-refractivity contribution in [3.63, 3.8) is 0 Å². The SMILES string of the molecule is COC(CNc1nccn(CC(=O)O)c1=O)C1CC(F)(F)C1. The number of nitrogens with zero attached hydrogens (tertiary/aromatic N) is 2. The fourth-order valence-electron chi connectivity index (χ4n) is 2.45. The molecule has 7 nitrogen and oxygen atoms in total. The first-order valence-corrected chi connectivity index (χ1v) is 6.74. The average molecular weight is 317 g/mol. The number of carboxylic acid groups (broad SMARTS) is 1. The van der Waals surface area contributed by atoms with Crippen LogP contribution in [0.3, 0.4) is 0 Å². The molecule has 1 aromatic heterocycles. The summed E-state index contributed by atoms with van der Waals surface area (Å²) in [6.45, 7) is -0.324. The van der Waals surface area contributed by atoms with Gasteiger partial charge < -0.3 is 15.2 Å². The predicted octanol–water partition coefficient (Wildman–Crippen LogP) is 0.800. The summed E-state index contributed by atoms with van der Waals surface area (Å²) in [6.07, 6.45) is 1.62. The van der Waals surface area contributed by atoms with E-state index in [1.165, 1.54) is 19.5 Å². The van der Waals surface area contributed by atoms with E-state index in [4.69, 9.17) is 9.84 Å². The summed E-state index contributed by atoms with van der Waals surface area (Å²) in [4.78, 5) is 26.5. The van der Waals surface area contributed by atoms with Crippen molar-refractivity contribution in [2.75, 3.05) is 19.0 Å². The number of anilines is 1. The molecule has 1 saturated carbocycles. The van der Waals surface area contributed by atoms with Crippen molar-refractivity contribution in [3.8, 4) is 0 Å². The van der Waals surface area contributed by atoms with E-state index >= 15 is 0 Å². The molecule has 1 aliphatic carbocycles. The Bertz CT molecular complexity index is 597. The number of hydrogen-bond acceptors (Lipinski definition) is 5. The number of carboxylic acids is 1. The maximum absolute atomic E-state index is 12.9. The number of carbonyl (C=O) groups is 1. The molecule has 2 N–H and O–H groups in total. The zero-order chi connectivity index (χ0) is 16.3. The first kappa shape index (κ1) is 16.3. The highest BCUT2D eigenvalue weighted by molar-refractivity contribution is 5.66. The van der Waals surface area contributed by atoms with E-state index in [9.17, 15) is 18.4 Å². The standard InChI is InChI=1S/C13H17F2N3O4/c1-22-9(8-4-13(14,15)5-8)6-17-11-12(21)18(3-2-16-11)7-10(19)20/h2-3,8-9H,4-7H2,1H3,(H,16,17)(H,19,20). The zero-order valence-electron chi connectivity index (χ0n) is 12.0. The van der Waals surface area contributed by atoms with Gasteiger partial charge >= 0.3 is 5.97 Å². The highest BCUT2D eigenvalue weighted by Gasteiger charge is 2.48. The van der Waals surface area contributed by atoms with Crippen molar-refractivity contribution in [1.82, 2.24) is 9.55 Å². The van der Waals surface area contributed by atoms with E-state index in [-0.39, 0.29) is 31.1 Å². The van der Waals surface area contributed by atoms with Crippen molar-refractivity contribution in [1.29, 1.82) is 0 Å². The van der Waals surface area contributed by atoms with Crippen LogP contribution in [0.5, 0.6) is 0 Å². The van der Waals surface area contributed by atoms with E-state index in [0.29, 0.717) is 0 Å². The number of methoxy groups -OCH3 is 1. The number of aliphatic carboxylic acids is 1. The summed E-state index contributed by atoms with van der Waals surface area (Å²) >= 11 is 0. The number of ether oxygens (including phenoxy) is 1. The minimum Gasteiger partial charge on any atom is -0.480 e. The summed E-state index contributed by atoms with van der Waals surface area (Å²) in [7, 11) is 1.42. The van der Waals surface area contributed by atoms with Crippen LogP contribution in [0.1, 0.15) is 12.8 Å². The first-order chi connectivity index (χ1) is 10.3. The molecule has 0 aromatic carbocycles. The van der Waals surface area contributed by atoms with Gasteiger partial charge in [0.1, 0.15) is 6.54 Å². The van der Waals surface area contributed by atoms with Crippen LogP contribution in [-0.2, 0) is 16.1 Å². The molecule has 22 heavy (non-hydrogen) atoms. The van der Waals surface area contributed by atoms with E-state index in [2.05, 4.69) is 10.3 Å². The van der Waals surface area contributed by atoms with Crippen LogP contribution >= 0.6 is 0 Å². The average Bonchev–Trinajstić information content (AvgIpc) is 2.40. The van der Waals surface area contributed by atoms with Crippen molar-refractivity contribution < 1.29 is 23.4 Å². The molecule has 1 aliphatic rings. The van der Waals surface area contributed by atoms with Gasteiger partial charge in [0.25, 0.3) is 5.56 Å². The molecule has 0 amide bonds. The lowest BCUT2D eigenvalue weighted by atomic mass is 9.77. The molecular weight excluding hydrogens is 300 g/mol. The van der Waals surface area contributed by atoms with Gasteiger partial charge in [-0.3, -0.25) is 14.2 Å². The van der Waals surface area contributed by atoms with Gasteiger partial charge in [-0.1, -0.05) is 0 Å². The second-order valence-corrected chi connectivity index (χ2v) is 5.28. The highest BCUT2D eigenvalue weighted by atomic mass is 19.3. The molecule has 9 heteroatoms. The number of aromatic nitrogens is 2. The molecule has 2 rings (SSSR count). The fraction of sp³-hybridized carbons (Fsp3) is 0.615. The van der Waals surface area contributed by atoms with E-state index in [1.54, 1.807) is 0 Å². The summed E-state index contributed by atoms with van der Waals surface area (Å²) < 4.78 is 32.0. The van der Waals surface area contributed by atoms with Gasteiger partial charge in [-0.25, -0.2) is 13.8 Å². The monoisotopic (exact) mass is 317 g/mol. The first-order valence-electron chi connectivity index (χ1n) is 6.74. The molecule has 0 spiro atoms. The topological polar surface area (TPSA) is 93.4 Å². The van der Waals surface area contributed by atoms with Gasteiger partial charge in [0.15, 0.2) is 5.82 Å². The van der Waals surface area contributed by atoms with Crippen LogP contribution in [0, 0.1) is 5.92 Å². The molecule has 1 fully saturated rings. The molecule has 0 radical (unpaired) electrons. The van der Waals surface area contributed by atoms with Gasteiger partial charge in [0.05, 0.1) is 6.10 Å². The number of nitrogens with one attached hydrogen (secondary N) is 1. The Hall–Kier alpha value is -2.03. The summed E-state index contributed by atoms with van der Waals surface area (Å²) in [5.74, 6) is -4.10. The molecule has 122 valence electrons. The molecule has 0 bridgehead atoms. The van der Waals surface area contributed by atoms with Gasteiger partial charge in [-0.2, -0.15) is 0 Å². The van der Waals surface area contributed by atoms with E-state index in [0.717, 1.165) is 4.57 Å². The quantitative estimate of drug-likeness (QED) is 0.772. The summed E-state index contributed by atoms with van der Waals surface area (Å²) in [5.41, 5.74) is -0.585. The summed E-state index contributed by atoms with van der Waals surface area (Å²) in [5, 5.41) is 11.5. The van der Waals surface area contributed by atoms with Crippen molar-refractivity contribution >= 4 is 11.8 Å². The van der Waals surface area contributed by atoms with E-state index in [1.807, 2.05) is 0 Å². The van der Waals surface area contributed by atoms with Gasteiger partial charge in [0, 0.05) is 38.9 Å². The smallest absolute Gasteiger partial charge is 0.323 e. The Balaban J connectivity index is 1.99. The predicted molar refractivity (Wildman–Crippen MR) is 73.1 cm³/mol. The highest BCUT2D eigenvalue weighted by Crippen LogP contribution is 2.44. The lowest BCUT2D eigenvalue weighted by Gasteiger charge is -2.39. The lowest BCUT2D eigenvalue weighted by Crippen LogP contribution is -2.45. The Labute approximate surface area is 124 Å². The Morgan fingerprint density at radius 3 is 2.86 bits per heavy atom. The van der Waals surface area contributed by atoms with Crippen LogP contribution in [-0.4, -0.2) is 46.3 Å². The molecule has 1 unspecified atom stereocenters. The maximum atomic E-state index is 12.9. The van der Waals surface area contributed by atoms with E-state index < -0.39 is 30.1 Å². The van der Waals surface area contributed by atoms with Crippen molar-refractivity contribution in [2.24, 2.45) is 5.92 Å². The minimum absolute atomic E-state index is 0.0307. The third kappa shape index (κ3) is 3.79. The Morgan fingerprint density at radius 1 is 1.64 bits per heavy atom. The number of alkyl halides is 2. The van der Waals surface area contributed by atoms with Gasteiger partial charge in [0.2, 0.25) is 5.92 Å². The zero-order valence-corrected chi connectivity index (χ0v) is 12.0. The fourth-order valence-corrected chi connectivity index (χ4v) is 2.45.